The number of sulfonamides is 1. The minimum Gasteiger partial charge on any atom is -0.313 e. The smallest absolute Gasteiger partial charge is 0.243 e. The van der Waals surface area contributed by atoms with Crippen molar-refractivity contribution in [1.82, 2.24) is 9.62 Å². The lowest BCUT2D eigenvalue weighted by Gasteiger charge is -2.19. The highest BCUT2D eigenvalue weighted by Crippen LogP contribution is 2.23. The van der Waals surface area contributed by atoms with Crippen molar-refractivity contribution in [2.24, 2.45) is 0 Å². The Balaban J connectivity index is 3.16. The second-order valence-corrected chi connectivity index (χ2v) is 7.22. The first-order valence-electron chi connectivity index (χ1n) is 7.30. The van der Waals surface area contributed by atoms with E-state index in [9.17, 15) is 12.8 Å². The summed E-state index contributed by atoms with van der Waals surface area (Å²) in [6.07, 6.45) is 1.69. The van der Waals surface area contributed by atoms with Crippen LogP contribution in [-0.4, -0.2) is 32.9 Å². The van der Waals surface area contributed by atoms with Crippen molar-refractivity contribution in [3.05, 3.63) is 29.1 Å². The molecule has 1 rings (SSSR count). The van der Waals surface area contributed by atoms with Gasteiger partial charge in [-0.3, -0.25) is 0 Å². The van der Waals surface area contributed by atoms with Gasteiger partial charge in [-0.25, -0.2) is 17.1 Å². The standard InChI is InChI=1S/C15H25FN2O2S/c1-5-7-17-11-13-9-14(16)12(3)15(10-13)21(19,20)18(4)8-6-2/h9-10,17H,5-8,11H2,1-4H3. The fourth-order valence-corrected chi connectivity index (χ4v) is 3.63. The van der Waals surface area contributed by atoms with Crippen molar-refractivity contribution in [2.75, 3.05) is 20.1 Å². The van der Waals surface area contributed by atoms with E-state index in [4.69, 9.17) is 0 Å². The van der Waals surface area contributed by atoms with Crippen LogP contribution in [0.3, 0.4) is 0 Å². The third-order valence-corrected chi connectivity index (χ3v) is 5.32. The summed E-state index contributed by atoms with van der Waals surface area (Å²) in [5.74, 6) is -0.478. The van der Waals surface area contributed by atoms with Gasteiger partial charge in [-0.05, 0) is 44.0 Å². The van der Waals surface area contributed by atoms with E-state index in [1.807, 2.05) is 13.8 Å². The maximum Gasteiger partial charge on any atom is 0.243 e. The van der Waals surface area contributed by atoms with Gasteiger partial charge in [0.15, 0.2) is 0 Å². The Morgan fingerprint density at radius 2 is 1.90 bits per heavy atom. The number of hydrogen-bond acceptors (Lipinski definition) is 3. The zero-order valence-electron chi connectivity index (χ0n) is 13.2. The third kappa shape index (κ3) is 4.49. The molecular formula is C15H25FN2O2S. The molecule has 0 amide bonds. The van der Waals surface area contributed by atoms with Crippen LogP contribution in [-0.2, 0) is 16.6 Å². The van der Waals surface area contributed by atoms with Crippen LogP contribution in [0.5, 0.6) is 0 Å². The zero-order chi connectivity index (χ0) is 16.0. The van der Waals surface area contributed by atoms with E-state index in [0.717, 1.165) is 19.4 Å². The Morgan fingerprint density at radius 3 is 2.48 bits per heavy atom. The predicted molar refractivity (Wildman–Crippen MR) is 83.2 cm³/mol. The SMILES string of the molecule is CCCNCc1cc(F)c(C)c(S(=O)(=O)N(C)CCC)c1. The summed E-state index contributed by atoms with van der Waals surface area (Å²) >= 11 is 0. The average molecular weight is 316 g/mol. The molecule has 0 saturated heterocycles. The molecule has 4 nitrogen and oxygen atoms in total. The van der Waals surface area contributed by atoms with Crippen molar-refractivity contribution in [3.8, 4) is 0 Å². The molecular weight excluding hydrogens is 291 g/mol. The van der Waals surface area contributed by atoms with Gasteiger partial charge in [0.2, 0.25) is 10.0 Å². The van der Waals surface area contributed by atoms with Gasteiger partial charge in [0.1, 0.15) is 5.82 Å². The van der Waals surface area contributed by atoms with Crippen LogP contribution in [0.15, 0.2) is 17.0 Å². The highest BCUT2D eigenvalue weighted by atomic mass is 32.2. The topological polar surface area (TPSA) is 49.4 Å². The second-order valence-electron chi connectivity index (χ2n) is 5.20. The highest BCUT2D eigenvalue weighted by Gasteiger charge is 2.24. The van der Waals surface area contributed by atoms with Crippen LogP contribution in [0.2, 0.25) is 0 Å². The first-order chi connectivity index (χ1) is 9.84. The van der Waals surface area contributed by atoms with Crippen molar-refractivity contribution in [2.45, 2.75) is 45.1 Å². The predicted octanol–water partition coefficient (Wildman–Crippen LogP) is 2.66. The van der Waals surface area contributed by atoms with Gasteiger partial charge in [0.05, 0.1) is 4.90 Å². The largest absolute Gasteiger partial charge is 0.313 e. The fourth-order valence-electron chi connectivity index (χ4n) is 2.09. The molecule has 0 aliphatic heterocycles. The number of benzene rings is 1. The van der Waals surface area contributed by atoms with Crippen LogP contribution in [0.4, 0.5) is 4.39 Å². The molecule has 0 atom stereocenters. The Bertz CT molecular complexity index is 573. The molecule has 0 heterocycles. The minimum absolute atomic E-state index is 0.0618. The molecule has 0 saturated carbocycles. The summed E-state index contributed by atoms with van der Waals surface area (Å²) < 4.78 is 40.3. The molecule has 0 bridgehead atoms. The molecule has 0 aliphatic rings. The third-order valence-electron chi connectivity index (χ3n) is 3.34. The van der Waals surface area contributed by atoms with Crippen LogP contribution in [0.1, 0.15) is 37.8 Å². The Hall–Kier alpha value is -0.980. The maximum absolute atomic E-state index is 14.0. The molecule has 0 radical (unpaired) electrons. The first kappa shape index (κ1) is 18.1. The molecule has 0 spiro atoms. The van der Waals surface area contributed by atoms with E-state index in [-0.39, 0.29) is 10.5 Å². The van der Waals surface area contributed by atoms with Crippen molar-refractivity contribution in [3.63, 3.8) is 0 Å². The number of rotatable bonds is 8. The van der Waals surface area contributed by atoms with Crippen molar-refractivity contribution < 1.29 is 12.8 Å². The van der Waals surface area contributed by atoms with E-state index >= 15 is 0 Å². The van der Waals surface area contributed by atoms with Gasteiger partial charge >= 0.3 is 0 Å². The van der Waals surface area contributed by atoms with Gasteiger partial charge in [0, 0.05) is 25.7 Å². The van der Waals surface area contributed by atoms with E-state index in [2.05, 4.69) is 5.32 Å². The quantitative estimate of drug-likeness (QED) is 0.750. The van der Waals surface area contributed by atoms with Crippen LogP contribution in [0.25, 0.3) is 0 Å². The molecule has 0 fully saturated rings. The van der Waals surface area contributed by atoms with E-state index in [1.165, 1.54) is 24.3 Å². The zero-order valence-corrected chi connectivity index (χ0v) is 14.1. The molecule has 1 aromatic rings. The molecule has 120 valence electrons. The van der Waals surface area contributed by atoms with E-state index < -0.39 is 15.8 Å². The lowest BCUT2D eigenvalue weighted by atomic mass is 10.1. The summed E-state index contributed by atoms with van der Waals surface area (Å²) in [4.78, 5) is 0.0618. The Labute approximate surface area is 127 Å². The lowest BCUT2D eigenvalue weighted by molar-refractivity contribution is 0.466. The molecule has 0 aliphatic carbocycles. The van der Waals surface area contributed by atoms with Crippen LogP contribution < -0.4 is 5.32 Å². The number of halogens is 1. The van der Waals surface area contributed by atoms with Gasteiger partial charge in [0.25, 0.3) is 0 Å². The summed E-state index contributed by atoms with van der Waals surface area (Å²) in [5.41, 5.74) is 0.826. The van der Waals surface area contributed by atoms with Crippen molar-refractivity contribution in [1.29, 1.82) is 0 Å². The van der Waals surface area contributed by atoms with Crippen LogP contribution >= 0.6 is 0 Å². The number of nitrogens with one attached hydrogen (secondary N) is 1. The lowest BCUT2D eigenvalue weighted by Crippen LogP contribution is -2.28. The number of hydrogen-bond donors (Lipinski definition) is 1. The van der Waals surface area contributed by atoms with Crippen molar-refractivity contribution >= 4 is 10.0 Å². The molecule has 0 aromatic heterocycles. The minimum atomic E-state index is -3.64. The summed E-state index contributed by atoms with van der Waals surface area (Å²) in [7, 11) is -2.12. The molecule has 21 heavy (non-hydrogen) atoms. The van der Waals surface area contributed by atoms with E-state index in [1.54, 1.807) is 6.07 Å². The highest BCUT2D eigenvalue weighted by molar-refractivity contribution is 7.89. The molecule has 1 aromatic carbocycles. The molecule has 1 N–H and O–H groups in total. The first-order valence-corrected chi connectivity index (χ1v) is 8.74. The monoisotopic (exact) mass is 316 g/mol. The fraction of sp³-hybridized carbons (Fsp3) is 0.600. The van der Waals surface area contributed by atoms with E-state index in [0.29, 0.717) is 18.7 Å². The Morgan fingerprint density at radius 1 is 1.24 bits per heavy atom. The normalized spacial score (nSPS) is 12.1. The van der Waals surface area contributed by atoms with Gasteiger partial charge in [-0.2, -0.15) is 0 Å². The summed E-state index contributed by atoms with van der Waals surface area (Å²) in [6, 6.07) is 2.97. The summed E-state index contributed by atoms with van der Waals surface area (Å²) in [6.45, 7) is 7.15. The maximum atomic E-state index is 14.0. The summed E-state index contributed by atoms with van der Waals surface area (Å²) in [5, 5.41) is 3.16. The Kier molecular flexibility index (Phi) is 6.77. The molecule has 0 unspecified atom stereocenters. The van der Waals surface area contributed by atoms with Crippen LogP contribution in [0, 0.1) is 12.7 Å². The molecule has 6 heteroatoms. The van der Waals surface area contributed by atoms with Gasteiger partial charge in [-0.1, -0.05) is 13.8 Å². The average Bonchev–Trinajstić information content (AvgIpc) is 2.42. The van der Waals surface area contributed by atoms with Gasteiger partial charge in [-0.15, -0.1) is 0 Å². The number of nitrogens with zero attached hydrogens (tertiary/aromatic N) is 1. The van der Waals surface area contributed by atoms with Gasteiger partial charge < -0.3 is 5.32 Å². The second kappa shape index (κ2) is 7.87.